The van der Waals surface area contributed by atoms with Crippen LogP contribution in [0.1, 0.15) is 11.4 Å². The van der Waals surface area contributed by atoms with Gasteiger partial charge in [0.2, 0.25) is 0 Å². The van der Waals surface area contributed by atoms with Crippen molar-refractivity contribution in [2.24, 2.45) is 0 Å². The van der Waals surface area contributed by atoms with Gasteiger partial charge < -0.3 is 9.53 Å². The van der Waals surface area contributed by atoms with E-state index in [1.165, 1.54) is 0 Å². The third-order valence-corrected chi connectivity index (χ3v) is 1.47. The molecule has 0 aliphatic heterocycles. The Balaban J connectivity index is 2.55. The molecule has 0 radical (unpaired) electrons. The van der Waals surface area contributed by atoms with Crippen molar-refractivity contribution in [2.75, 3.05) is 6.61 Å². The summed E-state index contributed by atoms with van der Waals surface area (Å²) in [6, 6.07) is 5.58. The van der Waals surface area contributed by atoms with Crippen LogP contribution in [0.25, 0.3) is 6.08 Å². The van der Waals surface area contributed by atoms with E-state index in [9.17, 15) is 4.79 Å². The van der Waals surface area contributed by atoms with Gasteiger partial charge in [-0.15, -0.1) is 0 Å². The second-order valence-corrected chi connectivity index (χ2v) is 2.44. The summed E-state index contributed by atoms with van der Waals surface area (Å²) in [4.78, 5) is 14.2. The number of rotatable bonds is 5. The molecule has 0 aromatic carbocycles. The van der Waals surface area contributed by atoms with E-state index in [1.54, 1.807) is 6.08 Å². The van der Waals surface area contributed by atoms with E-state index < -0.39 is 0 Å². The first-order valence-corrected chi connectivity index (χ1v) is 3.96. The molecule has 0 amide bonds. The van der Waals surface area contributed by atoms with Gasteiger partial charge in [-0.25, -0.2) is 0 Å². The first kappa shape index (κ1) is 9.61. The number of nitrogens with zero attached hydrogens (tertiary/aromatic N) is 1. The van der Waals surface area contributed by atoms with Crippen LogP contribution in [0.2, 0.25) is 0 Å². The maximum absolute atomic E-state index is 9.96. The highest BCUT2D eigenvalue weighted by molar-refractivity contribution is 5.50. The van der Waals surface area contributed by atoms with E-state index in [2.05, 4.69) is 11.6 Å². The van der Waals surface area contributed by atoms with Crippen LogP contribution in [0, 0.1) is 0 Å². The van der Waals surface area contributed by atoms with Crippen molar-refractivity contribution in [1.29, 1.82) is 0 Å². The molecular weight excluding hydrogens is 166 g/mol. The zero-order chi connectivity index (χ0) is 9.52. The molecule has 0 unspecified atom stereocenters. The molecule has 1 aromatic rings. The topological polar surface area (TPSA) is 39.2 Å². The minimum absolute atomic E-state index is 0.111. The molecule has 0 atom stereocenters. The van der Waals surface area contributed by atoms with Gasteiger partial charge in [0.25, 0.3) is 0 Å². The summed E-state index contributed by atoms with van der Waals surface area (Å²) >= 11 is 0. The van der Waals surface area contributed by atoms with Gasteiger partial charge in [-0.3, -0.25) is 4.98 Å². The van der Waals surface area contributed by atoms with Crippen LogP contribution in [0.5, 0.6) is 0 Å². The lowest BCUT2D eigenvalue weighted by Crippen LogP contribution is -1.98. The normalized spacial score (nSPS) is 9.54. The van der Waals surface area contributed by atoms with Crippen LogP contribution >= 0.6 is 0 Å². The van der Waals surface area contributed by atoms with Gasteiger partial charge in [-0.05, 0) is 18.2 Å². The summed E-state index contributed by atoms with van der Waals surface area (Å²) in [7, 11) is 0. The summed E-state index contributed by atoms with van der Waals surface area (Å²) in [6.45, 7) is 4.08. The minimum Gasteiger partial charge on any atom is -0.368 e. The Hall–Kier alpha value is -1.48. The van der Waals surface area contributed by atoms with Crippen LogP contribution in [0.15, 0.2) is 24.8 Å². The second kappa shape index (κ2) is 5.22. The van der Waals surface area contributed by atoms with Crippen molar-refractivity contribution in [3.8, 4) is 0 Å². The van der Waals surface area contributed by atoms with Gasteiger partial charge in [-0.2, -0.15) is 0 Å². The van der Waals surface area contributed by atoms with Crippen LogP contribution in [0.3, 0.4) is 0 Å². The van der Waals surface area contributed by atoms with Gasteiger partial charge >= 0.3 is 0 Å². The molecule has 0 saturated heterocycles. The van der Waals surface area contributed by atoms with Crippen LogP contribution in [-0.2, 0) is 16.1 Å². The summed E-state index contributed by atoms with van der Waals surface area (Å²) < 4.78 is 5.00. The molecule has 1 heterocycles. The molecule has 3 nitrogen and oxygen atoms in total. The Morgan fingerprint density at radius 1 is 1.54 bits per heavy atom. The minimum atomic E-state index is 0.111. The number of aldehydes is 1. The predicted molar refractivity (Wildman–Crippen MR) is 50.0 cm³/mol. The quantitative estimate of drug-likeness (QED) is 0.504. The van der Waals surface area contributed by atoms with Gasteiger partial charge in [0.05, 0.1) is 18.0 Å². The van der Waals surface area contributed by atoms with E-state index in [1.807, 2.05) is 18.2 Å². The molecule has 0 N–H and O–H groups in total. The number of hydrogen-bond donors (Lipinski definition) is 0. The average Bonchev–Trinajstić information content (AvgIpc) is 2.19. The van der Waals surface area contributed by atoms with Gasteiger partial charge in [-0.1, -0.05) is 12.6 Å². The Kier molecular flexibility index (Phi) is 3.85. The number of carbonyl (C=O) groups is 1. The lowest BCUT2D eigenvalue weighted by atomic mass is 10.3. The zero-order valence-corrected chi connectivity index (χ0v) is 7.27. The first-order valence-electron chi connectivity index (χ1n) is 3.96. The van der Waals surface area contributed by atoms with E-state index in [4.69, 9.17) is 4.74 Å². The van der Waals surface area contributed by atoms with E-state index in [0.29, 0.717) is 6.61 Å². The number of carbonyl (C=O) groups excluding carboxylic acids is 1. The van der Waals surface area contributed by atoms with E-state index in [-0.39, 0.29) is 6.61 Å². The maximum Gasteiger partial charge on any atom is 0.145 e. The standard InChI is InChI=1S/C10H11NO2/c1-2-9-4-3-5-10(11-9)8-13-7-6-12/h2-6H,1,7-8H2. The molecule has 0 bridgehead atoms. The average molecular weight is 177 g/mol. The molecular formula is C10H11NO2. The third-order valence-electron chi connectivity index (χ3n) is 1.47. The highest BCUT2D eigenvalue weighted by Gasteiger charge is 1.94. The maximum atomic E-state index is 9.96. The van der Waals surface area contributed by atoms with Crippen LogP contribution in [-0.4, -0.2) is 17.9 Å². The highest BCUT2D eigenvalue weighted by Crippen LogP contribution is 2.01. The molecule has 0 spiro atoms. The first-order chi connectivity index (χ1) is 6.36. The summed E-state index contributed by atoms with van der Waals surface area (Å²) in [5, 5.41) is 0. The summed E-state index contributed by atoms with van der Waals surface area (Å²) in [5.74, 6) is 0. The number of aromatic nitrogens is 1. The number of ether oxygens (including phenoxy) is 1. The Bertz CT molecular complexity index is 297. The lowest BCUT2D eigenvalue weighted by molar-refractivity contribution is -0.112. The number of pyridine rings is 1. The van der Waals surface area contributed by atoms with Crippen molar-refractivity contribution in [3.63, 3.8) is 0 Å². The molecule has 0 aliphatic carbocycles. The fraction of sp³-hybridized carbons (Fsp3) is 0.200. The van der Waals surface area contributed by atoms with Crippen molar-refractivity contribution >= 4 is 12.4 Å². The van der Waals surface area contributed by atoms with E-state index in [0.717, 1.165) is 17.7 Å². The van der Waals surface area contributed by atoms with Crippen molar-refractivity contribution in [1.82, 2.24) is 4.98 Å². The molecule has 0 saturated carbocycles. The lowest BCUT2D eigenvalue weighted by Gasteiger charge is -2.00. The Morgan fingerprint density at radius 3 is 3.08 bits per heavy atom. The van der Waals surface area contributed by atoms with E-state index >= 15 is 0 Å². The third kappa shape index (κ3) is 3.17. The second-order valence-electron chi connectivity index (χ2n) is 2.44. The van der Waals surface area contributed by atoms with Crippen molar-refractivity contribution < 1.29 is 9.53 Å². The molecule has 13 heavy (non-hydrogen) atoms. The van der Waals surface area contributed by atoms with Gasteiger partial charge in [0.1, 0.15) is 12.9 Å². The van der Waals surface area contributed by atoms with Gasteiger partial charge in [0.15, 0.2) is 0 Å². The smallest absolute Gasteiger partial charge is 0.145 e. The Labute approximate surface area is 77.1 Å². The molecule has 1 rings (SSSR count). The SMILES string of the molecule is C=Cc1cccc(COCC=O)n1. The Morgan fingerprint density at radius 2 is 2.38 bits per heavy atom. The molecule has 0 aliphatic rings. The highest BCUT2D eigenvalue weighted by atomic mass is 16.5. The van der Waals surface area contributed by atoms with Crippen molar-refractivity contribution in [2.45, 2.75) is 6.61 Å². The van der Waals surface area contributed by atoms with Gasteiger partial charge in [0, 0.05) is 0 Å². The summed E-state index contributed by atoms with van der Waals surface area (Å²) in [5.41, 5.74) is 1.62. The van der Waals surface area contributed by atoms with Crippen molar-refractivity contribution in [3.05, 3.63) is 36.2 Å². The zero-order valence-electron chi connectivity index (χ0n) is 7.27. The molecule has 68 valence electrons. The largest absolute Gasteiger partial charge is 0.368 e. The monoisotopic (exact) mass is 177 g/mol. The molecule has 1 aromatic heterocycles. The summed E-state index contributed by atoms with van der Waals surface area (Å²) in [6.07, 6.45) is 2.39. The van der Waals surface area contributed by atoms with Crippen LogP contribution < -0.4 is 0 Å². The fourth-order valence-corrected chi connectivity index (χ4v) is 0.904. The predicted octanol–water partition coefficient (Wildman–Crippen LogP) is 1.44. The molecule has 0 fully saturated rings. The van der Waals surface area contributed by atoms with Crippen LogP contribution in [0.4, 0.5) is 0 Å². The molecule has 3 heteroatoms. The fourth-order valence-electron chi connectivity index (χ4n) is 0.904. The number of hydrogen-bond acceptors (Lipinski definition) is 3.